The Balaban J connectivity index is 1.79. The number of carbonyl (C=O) groups is 1. The van der Waals surface area contributed by atoms with E-state index in [1.165, 1.54) is 11.3 Å². The van der Waals surface area contributed by atoms with Crippen LogP contribution in [-0.2, 0) is 0 Å². The van der Waals surface area contributed by atoms with Gasteiger partial charge in [-0.3, -0.25) is 4.79 Å². The van der Waals surface area contributed by atoms with E-state index in [0.717, 1.165) is 17.5 Å². The van der Waals surface area contributed by atoms with Gasteiger partial charge in [0.15, 0.2) is 0 Å². The summed E-state index contributed by atoms with van der Waals surface area (Å²) in [4.78, 5) is 14.7. The number of hydrazone groups is 1. The number of rotatable bonds is 4. The maximum absolute atomic E-state index is 12.3. The lowest BCUT2D eigenvalue weighted by Crippen LogP contribution is -2.45. The molecule has 1 N–H and O–H groups in total. The maximum atomic E-state index is 12.3. The molecule has 1 heterocycles. The third kappa shape index (κ3) is 3.88. The zero-order valence-corrected chi connectivity index (χ0v) is 17.5. The van der Waals surface area contributed by atoms with Gasteiger partial charge in [-0.15, -0.1) is 0 Å². The largest absolute Gasteiger partial charge is 0.497 e. The van der Waals surface area contributed by atoms with E-state index in [4.69, 9.17) is 4.74 Å². The summed E-state index contributed by atoms with van der Waals surface area (Å²) >= 11 is 0. The van der Waals surface area contributed by atoms with Crippen LogP contribution in [0.15, 0.2) is 41.5 Å². The van der Waals surface area contributed by atoms with Crippen LogP contribution in [0.2, 0.25) is 0 Å². The van der Waals surface area contributed by atoms with Gasteiger partial charge < -0.3 is 9.64 Å². The monoisotopic (exact) mass is 379 g/mol. The van der Waals surface area contributed by atoms with Crippen LogP contribution in [0.5, 0.6) is 5.75 Å². The highest BCUT2D eigenvalue weighted by Crippen LogP contribution is 2.43. The molecular weight excluding hydrogens is 350 g/mol. The molecule has 3 rings (SSSR count). The van der Waals surface area contributed by atoms with E-state index in [-0.39, 0.29) is 11.4 Å². The van der Waals surface area contributed by atoms with Crippen LogP contribution in [0.25, 0.3) is 0 Å². The highest BCUT2D eigenvalue weighted by molar-refractivity contribution is 5.95. The van der Waals surface area contributed by atoms with Gasteiger partial charge in [0.25, 0.3) is 5.91 Å². The Labute approximate surface area is 167 Å². The summed E-state index contributed by atoms with van der Waals surface area (Å²) in [5, 5.41) is 4.18. The molecule has 148 valence electrons. The molecule has 1 atom stereocenters. The summed E-state index contributed by atoms with van der Waals surface area (Å²) in [6, 6.07) is 11.4. The third-order valence-corrected chi connectivity index (χ3v) is 5.72. The number of methoxy groups -OCH3 is 1. The van der Waals surface area contributed by atoms with Crippen LogP contribution >= 0.6 is 0 Å². The number of hydrogen-bond acceptors (Lipinski definition) is 4. The van der Waals surface area contributed by atoms with Crippen molar-refractivity contribution in [2.24, 2.45) is 5.10 Å². The molecule has 2 aromatic carbocycles. The molecule has 0 saturated heterocycles. The quantitative estimate of drug-likeness (QED) is 0.629. The molecule has 2 aromatic rings. The van der Waals surface area contributed by atoms with Crippen molar-refractivity contribution in [2.75, 3.05) is 19.1 Å². The van der Waals surface area contributed by atoms with Gasteiger partial charge in [0, 0.05) is 23.8 Å². The number of ether oxygens (including phenoxy) is 1. The number of nitrogens with one attached hydrogen (secondary N) is 1. The van der Waals surface area contributed by atoms with Crippen molar-refractivity contribution < 1.29 is 9.53 Å². The van der Waals surface area contributed by atoms with Crippen LogP contribution in [0.1, 0.15) is 60.2 Å². The normalized spacial score (nSPS) is 18.1. The SMILES string of the molecule is COc1cccc(C(=O)N/N=C\c2cc3c(cc2C)N(C)C(C)(C)C[C@H]3C)c1. The number of carbonyl (C=O) groups excluding carboxylic acids is 1. The zero-order valence-electron chi connectivity index (χ0n) is 17.5. The van der Waals surface area contributed by atoms with Gasteiger partial charge in [-0.1, -0.05) is 13.0 Å². The lowest BCUT2D eigenvalue weighted by molar-refractivity contribution is 0.0955. The topological polar surface area (TPSA) is 53.9 Å². The standard InChI is InChI=1S/C23H29N3O2/c1-15-10-21-20(16(2)13-23(3,4)26(21)5)12-18(15)14-24-25-22(27)17-8-7-9-19(11-17)28-6/h7-12,14,16H,13H2,1-6H3,(H,25,27)/b24-14-/t16-/m1/s1. The third-order valence-electron chi connectivity index (χ3n) is 5.72. The van der Waals surface area contributed by atoms with E-state index in [1.807, 2.05) is 0 Å². The van der Waals surface area contributed by atoms with Crippen molar-refractivity contribution in [1.29, 1.82) is 0 Å². The van der Waals surface area contributed by atoms with Crippen LogP contribution in [0.4, 0.5) is 5.69 Å². The molecule has 1 amide bonds. The van der Waals surface area contributed by atoms with Crippen molar-refractivity contribution in [3.8, 4) is 5.75 Å². The molecule has 0 bridgehead atoms. The summed E-state index contributed by atoms with van der Waals surface area (Å²) in [5.74, 6) is 0.851. The lowest BCUT2D eigenvalue weighted by atomic mass is 9.79. The number of nitrogens with zero attached hydrogens (tertiary/aromatic N) is 2. The van der Waals surface area contributed by atoms with Crippen molar-refractivity contribution in [3.05, 3.63) is 58.7 Å². The maximum Gasteiger partial charge on any atom is 0.271 e. The van der Waals surface area contributed by atoms with Crippen LogP contribution in [0, 0.1) is 6.92 Å². The van der Waals surface area contributed by atoms with E-state index >= 15 is 0 Å². The summed E-state index contributed by atoms with van der Waals surface area (Å²) < 4.78 is 5.16. The Morgan fingerprint density at radius 3 is 2.79 bits per heavy atom. The predicted molar refractivity (Wildman–Crippen MR) is 115 cm³/mol. The summed E-state index contributed by atoms with van der Waals surface area (Å²) in [7, 11) is 3.74. The van der Waals surface area contributed by atoms with E-state index in [2.05, 4.69) is 62.3 Å². The molecule has 0 radical (unpaired) electrons. The van der Waals surface area contributed by atoms with Gasteiger partial charge in [0.05, 0.1) is 13.3 Å². The molecule has 1 aliphatic heterocycles. The lowest BCUT2D eigenvalue weighted by Gasteiger charge is -2.45. The second kappa shape index (κ2) is 7.66. The molecule has 0 aliphatic carbocycles. The molecule has 28 heavy (non-hydrogen) atoms. The van der Waals surface area contributed by atoms with Crippen LogP contribution in [0.3, 0.4) is 0 Å². The van der Waals surface area contributed by atoms with Gasteiger partial charge in [-0.2, -0.15) is 5.10 Å². The molecule has 5 nitrogen and oxygen atoms in total. The first kappa shape index (κ1) is 19.9. The molecule has 5 heteroatoms. The van der Waals surface area contributed by atoms with Gasteiger partial charge in [0.2, 0.25) is 0 Å². The molecule has 1 aliphatic rings. The highest BCUT2D eigenvalue weighted by Gasteiger charge is 2.34. The molecule has 0 saturated carbocycles. The van der Waals surface area contributed by atoms with E-state index in [0.29, 0.717) is 17.2 Å². The summed E-state index contributed by atoms with van der Waals surface area (Å²) in [6.45, 7) is 8.91. The average molecular weight is 380 g/mol. The van der Waals surface area contributed by atoms with Gasteiger partial charge >= 0.3 is 0 Å². The van der Waals surface area contributed by atoms with Crippen molar-refractivity contribution in [2.45, 2.75) is 45.6 Å². The fraction of sp³-hybridized carbons (Fsp3) is 0.391. The molecule has 0 spiro atoms. The zero-order chi connectivity index (χ0) is 20.5. The molecular formula is C23H29N3O2. The number of fused-ring (bicyclic) bond motifs is 1. The Morgan fingerprint density at radius 2 is 2.07 bits per heavy atom. The number of aryl methyl sites for hydroxylation is 1. The van der Waals surface area contributed by atoms with Crippen molar-refractivity contribution in [1.82, 2.24) is 5.43 Å². The first-order valence-corrected chi connectivity index (χ1v) is 9.59. The highest BCUT2D eigenvalue weighted by atomic mass is 16.5. The van der Waals surface area contributed by atoms with E-state index in [9.17, 15) is 4.79 Å². The molecule has 0 unspecified atom stereocenters. The van der Waals surface area contributed by atoms with Gasteiger partial charge in [-0.05, 0) is 80.1 Å². The molecule has 0 fully saturated rings. The fourth-order valence-corrected chi connectivity index (χ4v) is 3.86. The minimum absolute atomic E-state index is 0.138. The average Bonchev–Trinajstić information content (AvgIpc) is 2.66. The minimum atomic E-state index is -0.263. The minimum Gasteiger partial charge on any atom is -0.497 e. The first-order chi connectivity index (χ1) is 13.2. The van der Waals surface area contributed by atoms with Gasteiger partial charge in [-0.25, -0.2) is 5.43 Å². The van der Waals surface area contributed by atoms with Crippen LogP contribution < -0.4 is 15.1 Å². The van der Waals surface area contributed by atoms with Gasteiger partial charge in [0.1, 0.15) is 5.75 Å². The number of hydrogen-bond donors (Lipinski definition) is 1. The van der Waals surface area contributed by atoms with Crippen molar-refractivity contribution in [3.63, 3.8) is 0 Å². The Kier molecular flexibility index (Phi) is 5.45. The Morgan fingerprint density at radius 1 is 1.32 bits per heavy atom. The predicted octanol–water partition coefficient (Wildman–Crippen LogP) is 4.49. The number of anilines is 1. The summed E-state index contributed by atoms with van der Waals surface area (Å²) in [6.07, 6.45) is 2.82. The second-order valence-corrected chi connectivity index (χ2v) is 8.18. The Bertz CT molecular complexity index is 918. The Hall–Kier alpha value is -2.82. The van der Waals surface area contributed by atoms with Crippen LogP contribution in [-0.4, -0.2) is 31.8 Å². The fourth-order valence-electron chi connectivity index (χ4n) is 3.86. The van der Waals surface area contributed by atoms with Crippen molar-refractivity contribution >= 4 is 17.8 Å². The first-order valence-electron chi connectivity index (χ1n) is 9.59. The molecule has 0 aromatic heterocycles. The van der Waals surface area contributed by atoms with E-state index in [1.54, 1.807) is 37.6 Å². The summed E-state index contributed by atoms with van der Waals surface area (Å²) in [5.41, 5.74) is 8.01. The van der Waals surface area contributed by atoms with E-state index < -0.39 is 0 Å². The second-order valence-electron chi connectivity index (χ2n) is 8.18. The number of benzene rings is 2. The smallest absolute Gasteiger partial charge is 0.271 e. The number of amides is 1.